The van der Waals surface area contributed by atoms with Gasteiger partial charge in [0.05, 0.1) is 12.9 Å². The van der Waals surface area contributed by atoms with Crippen LogP contribution in [0.15, 0.2) is 52.8 Å². The number of fused-ring (bicyclic) bond motifs is 1. The number of hydrogen-bond donors (Lipinski definition) is 1. The van der Waals surface area contributed by atoms with Crippen molar-refractivity contribution in [2.75, 3.05) is 18.2 Å². The molecule has 0 aliphatic heterocycles. The summed E-state index contributed by atoms with van der Waals surface area (Å²) in [6, 6.07) is 7.16. The molecule has 1 amide bonds. The summed E-state index contributed by atoms with van der Waals surface area (Å²) in [5.74, 6) is 0.830. The zero-order chi connectivity index (χ0) is 27.5. The predicted octanol–water partition coefficient (Wildman–Crippen LogP) is 7.22. The van der Waals surface area contributed by atoms with Crippen molar-refractivity contribution in [1.29, 1.82) is 0 Å². The summed E-state index contributed by atoms with van der Waals surface area (Å²) >= 11 is 10.4. The number of allylic oxidation sites excluding steroid dienone is 1. The number of nitrogens with zero attached hydrogens (tertiary/aromatic N) is 3. The maximum atomic E-state index is 13.0. The van der Waals surface area contributed by atoms with Crippen molar-refractivity contribution >= 4 is 62.9 Å². The molecule has 0 spiro atoms. The number of esters is 1. The van der Waals surface area contributed by atoms with Gasteiger partial charge >= 0.3 is 5.97 Å². The lowest BCUT2D eigenvalue weighted by atomic mass is 9.88. The molecule has 0 saturated carbocycles. The Bertz CT molecular complexity index is 1520. The van der Waals surface area contributed by atoms with Gasteiger partial charge in [-0.05, 0) is 48.4 Å². The number of carbonyl (C=O) groups is 2. The van der Waals surface area contributed by atoms with Gasteiger partial charge in [0.15, 0.2) is 11.0 Å². The molecule has 3 heterocycles. The number of aromatic nitrogens is 3. The van der Waals surface area contributed by atoms with Crippen molar-refractivity contribution in [1.82, 2.24) is 14.8 Å². The highest BCUT2D eigenvalue weighted by Gasteiger charge is 2.25. The summed E-state index contributed by atoms with van der Waals surface area (Å²) in [5.41, 5.74) is 4.30. The monoisotopic (exact) mass is 598 g/mol. The molecule has 1 aliphatic carbocycles. The Morgan fingerprint density at radius 1 is 1.23 bits per heavy atom. The van der Waals surface area contributed by atoms with E-state index >= 15 is 0 Å². The van der Waals surface area contributed by atoms with Crippen LogP contribution in [0, 0.1) is 5.92 Å². The fourth-order valence-electron chi connectivity index (χ4n) is 4.64. The molecule has 1 atom stereocenters. The molecule has 3 aromatic heterocycles. The van der Waals surface area contributed by atoms with Crippen LogP contribution in [-0.2, 0) is 28.9 Å². The maximum Gasteiger partial charge on any atom is 0.341 e. The third kappa shape index (κ3) is 5.84. The minimum Gasteiger partial charge on any atom is -0.465 e. The number of halogens is 1. The topological polar surface area (TPSA) is 86.1 Å². The number of nitrogens with one attached hydrogen (secondary N) is 1. The maximum absolute atomic E-state index is 13.0. The number of methoxy groups -OCH3 is 1. The van der Waals surface area contributed by atoms with E-state index in [1.807, 2.05) is 28.2 Å². The van der Waals surface area contributed by atoms with Crippen molar-refractivity contribution in [3.8, 4) is 22.5 Å². The van der Waals surface area contributed by atoms with E-state index < -0.39 is 5.97 Å². The molecule has 0 saturated heterocycles. The van der Waals surface area contributed by atoms with Crippen molar-refractivity contribution in [3.05, 3.63) is 68.7 Å². The van der Waals surface area contributed by atoms with E-state index in [2.05, 4.69) is 34.4 Å². The molecule has 1 unspecified atom stereocenters. The van der Waals surface area contributed by atoms with Crippen LogP contribution in [0.2, 0.25) is 5.02 Å². The van der Waals surface area contributed by atoms with Gasteiger partial charge in [0.25, 0.3) is 0 Å². The summed E-state index contributed by atoms with van der Waals surface area (Å²) < 4.78 is 7.02. The number of amides is 1. The molecule has 202 valence electrons. The highest BCUT2D eigenvalue weighted by atomic mass is 35.5. The van der Waals surface area contributed by atoms with Crippen LogP contribution < -0.4 is 5.32 Å². The zero-order valence-electron chi connectivity index (χ0n) is 21.5. The number of anilines is 1. The van der Waals surface area contributed by atoms with Crippen LogP contribution in [0.5, 0.6) is 0 Å². The van der Waals surface area contributed by atoms with Gasteiger partial charge in [-0.15, -0.1) is 39.4 Å². The van der Waals surface area contributed by atoms with E-state index in [-0.39, 0.29) is 11.7 Å². The molecular formula is C28H27ClN4O3S3. The van der Waals surface area contributed by atoms with E-state index in [0.29, 0.717) is 38.8 Å². The molecule has 11 heteroatoms. The molecule has 1 aliphatic rings. The molecule has 0 bridgehead atoms. The highest BCUT2D eigenvalue weighted by molar-refractivity contribution is 7.99. The number of thioether (sulfide) groups is 1. The Labute approximate surface area is 244 Å². The minimum absolute atomic E-state index is 0.101. The second-order valence-corrected chi connectivity index (χ2v) is 12.5. The largest absolute Gasteiger partial charge is 0.465 e. The van der Waals surface area contributed by atoms with Gasteiger partial charge < -0.3 is 10.1 Å². The SMILES string of the molecule is C=CCn1c(SCC(=O)Nc2scc(-c3ccc(Cl)cc3)c2C(=O)OC)nnc1-c1csc2c1CCC(C)C2. The fraction of sp³-hybridized carbons (Fsp3) is 0.286. The Balaban J connectivity index is 1.33. The van der Waals surface area contributed by atoms with Gasteiger partial charge in [0, 0.05) is 38.3 Å². The number of rotatable bonds is 9. The average Bonchev–Trinajstić information content (AvgIpc) is 3.64. The van der Waals surface area contributed by atoms with Crippen molar-refractivity contribution in [3.63, 3.8) is 0 Å². The fourth-order valence-corrected chi connectivity index (χ4v) is 7.73. The molecule has 0 fully saturated rings. The molecule has 7 nitrogen and oxygen atoms in total. The normalized spacial score (nSPS) is 14.6. The van der Waals surface area contributed by atoms with E-state index in [9.17, 15) is 9.59 Å². The number of carbonyl (C=O) groups excluding carboxylic acids is 2. The lowest BCUT2D eigenvalue weighted by Gasteiger charge is -2.19. The Kier molecular flexibility index (Phi) is 8.56. The van der Waals surface area contributed by atoms with Gasteiger partial charge in [0.1, 0.15) is 10.6 Å². The minimum atomic E-state index is -0.520. The van der Waals surface area contributed by atoms with E-state index in [0.717, 1.165) is 29.8 Å². The number of thiophene rings is 2. The first-order chi connectivity index (χ1) is 18.9. The van der Waals surface area contributed by atoms with E-state index in [1.165, 1.54) is 47.1 Å². The first-order valence-corrected chi connectivity index (χ1v) is 15.5. The number of hydrogen-bond acceptors (Lipinski definition) is 8. The molecule has 0 radical (unpaired) electrons. The van der Waals surface area contributed by atoms with Crippen LogP contribution in [0.3, 0.4) is 0 Å². The molecule has 4 aromatic rings. The second-order valence-electron chi connectivity index (χ2n) is 9.29. The smallest absolute Gasteiger partial charge is 0.341 e. The number of benzene rings is 1. The standard InChI is InChI=1S/C28H27ClN4O3S3/c1-4-11-33-25(21-14-37-22-12-16(2)5-10-19(21)22)31-32-28(33)39-15-23(34)30-26-24(27(35)36-3)20(13-38-26)17-6-8-18(29)9-7-17/h4,6-9,13-14,16H,1,5,10-12,15H2,2-3H3,(H,30,34). The van der Waals surface area contributed by atoms with Crippen LogP contribution in [0.1, 0.15) is 34.1 Å². The highest BCUT2D eigenvalue weighted by Crippen LogP contribution is 2.39. The van der Waals surface area contributed by atoms with Gasteiger partial charge in [-0.1, -0.05) is 48.5 Å². The van der Waals surface area contributed by atoms with E-state index in [1.54, 1.807) is 23.5 Å². The van der Waals surface area contributed by atoms with Gasteiger partial charge in [-0.25, -0.2) is 4.79 Å². The van der Waals surface area contributed by atoms with Crippen LogP contribution >= 0.6 is 46.0 Å². The zero-order valence-corrected chi connectivity index (χ0v) is 24.7. The Morgan fingerprint density at radius 2 is 2.00 bits per heavy atom. The van der Waals surface area contributed by atoms with Gasteiger partial charge in [0.2, 0.25) is 5.91 Å². The molecule has 39 heavy (non-hydrogen) atoms. The van der Waals surface area contributed by atoms with Crippen molar-refractivity contribution in [2.24, 2.45) is 5.92 Å². The van der Waals surface area contributed by atoms with Crippen LogP contribution in [0.4, 0.5) is 5.00 Å². The predicted molar refractivity (Wildman–Crippen MR) is 160 cm³/mol. The quantitative estimate of drug-likeness (QED) is 0.124. The summed E-state index contributed by atoms with van der Waals surface area (Å²) in [5, 5.41) is 17.5. The lowest BCUT2D eigenvalue weighted by Crippen LogP contribution is -2.16. The summed E-state index contributed by atoms with van der Waals surface area (Å²) in [6.07, 6.45) is 5.13. The third-order valence-electron chi connectivity index (χ3n) is 6.59. The first-order valence-electron chi connectivity index (χ1n) is 12.4. The second kappa shape index (κ2) is 12.1. The lowest BCUT2D eigenvalue weighted by molar-refractivity contribution is -0.113. The summed E-state index contributed by atoms with van der Waals surface area (Å²) in [4.78, 5) is 27.1. The Hall–Kier alpha value is -2.92. The van der Waals surface area contributed by atoms with Crippen LogP contribution in [0.25, 0.3) is 22.5 Å². The molecule has 1 N–H and O–H groups in total. The van der Waals surface area contributed by atoms with Crippen molar-refractivity contribution in [2.45, 2.75) is 37.9 Å². The van der Waals surface area contributed by atoms with E-state index in [4.69, 9.17) is 16.3 Å². The average molecular weight is 599 g/mol. The summed E-state index contributed by atoms with van der Waals surface area (Å²) in [7, 11) is 1.32. The molecular weight excluding hydrogens is 572 g/mol. The number of ether oxygens (including phenoxy) is 1. The van der Waals surface area contributed by atoms with Crippen LogP contribution in [-0.4, -0.2) is 39.5 Å². The summed E-state index contributed by atoms with van der Waals surface area (Å²) in [6.45, 7) is 6.74. The molecule has 1 aromatic carbocycles. The van der Waals surface area contributed by atoms with Crippen molar-refractivity contribution < 1.29 is 14.3 Å². The van der Waals surface area contributed by atoms with Gasteiger partial charge in [-0.2, -0.15) is 0 Å². The Morgan fingerprint density at radius 3 is 2.74 bits per heavy atom. The first kappa shape index (κ1) is 27.6. The third-order valence-corrected chi connectivity index (χ3v) is 9.76. The molecule has 5 rings (SSSR count). The van der Waals surface area contributed by atoms with Gasteiger partial charge in [-0.3, -0.25) is 9.36 Å².